The van der Waals surface area contributed by atoms with E-state index in [1.54, 1.807) is 11.8 Å². The fourth-order valence-electron chi connectivity index (χ4n) is 2.95. The lowest BCUT2D eigenvalue weighted by molar-refractivity contribution is -0.118. The maximum atomic E-state index is 11.9. The van der Waals surface area contributed by atoms with Gasteiger partial charge in [0.15, 0.2) is 0 Å². The van der Waals surface area contributed by atoms with E-state index in [-0.39, 0.29) is 5.91 Å². The highest BCUT2D eigenvalue weighted by Crippen LogP contribution is 2.31. The molecule has 1 N–H and O–H groups in total. The topological polar surface area (TPSA) is 32.3 Å². The van der Waals surface area contributed by atoms with E-state index in [0.717, 1.165) is 23.4 Å². The molecule has 120 valence electrons. The van der Waals surface area contributed by atoms with E-state index >= 15 is 0 Å². The van der Waals surface area contributed by atoms with E-state index < -0.39 is 0 Å². The fraction of sp³-hybridized carbons (Fsp3) is 0.588. The van der Waals surface area contributed by atoms with Crippen molar-refractivity contribution in [1.82, 2.24) is 10.2 Å². The number of halogens is 1. The van der Waals surface area contributed by atoms with E-state index in [9.17, 15) is 4.79 Å². The van der Waals surface area contributed by atoms with Crippen LogP contribution < -0.4 is 5.32 Å². The molecule has 0 bridgehead atoms. The summed E-state index contributed by atoms with van der Waals surface area (Å²) in [7, 11) is 0. The number of nitrogens with one attached hydrogen (secondary N) is 1. The molecule has 1 heterocycles. The maximum Gasteiger partial charge on any atom is 0.230 e. The highest BCUT2D eigenvalue weighted by atomic mass is 35.5. The number of amides is 1. The molecule has 1 atom stereocenters. The summed E-state index contributed by atoms with van der Waals surface area (Å²) in [5.41, 5.74) is 1.21. The Hall–Kier alpha value is -0.710. The third-order valence-corrected chi connectivity index (χ3v) is 5.64. The Morgan fingerprint density at radius 2 is 2.05 bits per heavy atom. The van der Waals surface area contributed by atoms with Crippen molar-refractivity contribution in [2.75, 3.05) is 25.4 Å². The molecule has 1 aliphatic heterocycles. The Morgan fingerprint density at radius 1 is 1.27 bits per heavy atom. The smallest absolute Gasteiger partial charge is 0.230 e. The van der Waals surface area contributed by atoms with Crippen LogP contribution in [0.5, 0.6) is 0 Å². The lowest BCUT2D eigenvalue weighted by Crippen LogP contribution is -2.32. The molecule has 1 aliphatic carbocycles. The van der Waals surface area contributed by atoms with Gasteiger partial charge in [-0.15, -0.1) is 11.8 Å². The van der Waals surface area contributed by atoms with Crippen molar-refractivity contribution in [2.45, 2.75) is 31.1 Å². The normalized spacial score (nSPS) is 22.0. The van der Waals surface area contributed by atoms with E-state index in [2.05, 4.69) is 10.2 Å². The number of carbonyl (C=O) groups excluding carboxylic acids is 1. The van der Waals surface area contributed by atoms with Crippen molar-refractivity contribution in [3.8, 4) is 0 Å². The van der Waals surface area contributed by atoms with Crippen molar-refractivity contribution in [2.24, 2.45) is 5.92 Å². The molecule has 1 saturated heterocycles. The van der Waals surface area contributed by atoms with Crippen LogP contribution in [0.3, 0.4) is 0 Å². The molecule has 0 aromatic heterocycles. The first-order valence-electron chi connectivity index (χ1n) is 8.03. The van der Waals surface area contributed by atoms with Crippen LogP contribution in [-0.2, 0) is 10.5 Å². The summed E-state index contributed by atoms with van der Waals surface area (Å²) in [5, 5.41) is 3.85. The zero-order valence-corrected chi connectivity index (χ0v) is 14.3. The van der Waals surface area contributed by atoms with Gasteiger partial charge in [0, 0.05) is 29.9 Å². The van der Waals surface area contributed by atoms with Gasteiger partial charge in [0.2, 0.25) is 5.91 Å². The summed E-state index contributed by atoms with van der Waals surface area (Å²) >= 11 is 7.51. The SMILES string of the molecule is O=C(CSCc1ccc(Cl)cc1)NCC1CCN(C2CC2)C1. The minimum absolute atomic E-state index is 0.156. The molecule has 1 unspecified atom stereocenters. The van der Waals surface area contributed by atoms with Gasteiger partial charge in [0.05, 0.1) is 5.75 Å². The maximum absolute atomic E-state index is 11.9. The van der Waals surface area contributed by atoms with Gasteiger partial charge in [-0.3, -0.25) is 4.79 Å². The average molecular weight is 339 g/mol. The number of nitrogens with zero attached hydrogens (tertiary/aromatic N) is 1. The molecule has 5 heteroatoms. The van der Waals surface area contributed by atoms with E-state index in [1.807, 2.05) is 24.3 Å². The summed E-state index contributed by atoms with van der Waals surface area (Å²) in [5.74, 6) is 2.18. The van der Waals surface area contributed by atoms with Crippen LogP contribution in [0.2, 0.25) is 5.02 Å². The van der Waals surface area contributed by atoms with Crippen LogP contribution in [0, 0.1) is 5.92 Å². The van der Waals surface area contributed by atoms with Crippen molar-refractivity contribution in [1.29, 1.82) is 0 Å². The zero-order chi connectivity index (χ0) is 15.4. The lowest BCUT2D eigenvalue weighted by atomic mass is 10.1. The van der Waals surface area contributed by atoms with Crippen LogP contribution in [0.4, 0.5) is 0 Å². The van der Waals surface area contributed by atoms with Crippen LogP contribution in [0.25, 0.3) is 0 Å². The molecule has 3 rings (SSSR count). The van der Waals surface area contributed by atoms with Gasteiger partial charge in [-0.05, 0) is 49.4 Å². The summed E-state index contributed by atoms with van der Waals surface area (Å²) in [4.78, 5) is 14.5. The molecule has 1 saturated carbocycles. The quantitative estimate of drug-likeness (QED) is 0.828. The summed E-state index contributed by atoms with van der Waals surface area (Å²) in [6.45, 7) is 3.23. The van der Waals surface area contributed by atoms with Crippen molar-refractivity contribution in [3.63, 3.8) is 0 Å². The number of benzene rings is 1. The zero-order valence-electron chi connectivity index (χ0n) is 12.8. The average Bonchev–Trinajstić information content (AvgIpc) is 3.26. The first kappa shape index (κ1) is 16.2. The minimum Gasteiger partial charge on any atom is -0.355 e. The van der Waals surface area contributed by atoms with Crippen molar-refractivity contribution in [3.05, 3.63) is 34.9 Å². The number of hydrogen-bond donors (Lipinski definition) is 1. The molecule has 3 nitrogen and oxygen atoms in total. The Kier molecular flexibility index (Phi) is 5.66. The van der Waals surface area contributed by atoms with Gasteiger partial charge < -0.3 is 10.2 Å². The van der Waals surface area contributed by atoms with Crippen LogP contribution >= 0.6 is 23.4 Å². The second-order valence-electron chi connectivity index (χ2n) is 6.30. The van der Waals surface area contributed by atoms with Crippen molar-refractivity contribution >= 4 is 29.3 Å². The van der Waals surface area contributed by atoms with E-state index in [1.165, 1.54) is 37.9 Å². The molecular formula is C17H23ClN2OS. The monoisotopic (exact) mass is 338 g/mol. The highest BCUT2D eigenvalue weighted by Gasteiger charge is 2.34. The Bertz CT molecular complexity index is 504. The molecule has 1 aromatic rings. The molecule has 2 aliphatic rings. The number of hydrogen-bond acceptors (Lipinski definition) is 3. The third-order valence-electron chi connectivity index (χ3n) is 4.38. The highest BCUT2D eigenvalue weighted by molar-refractivity contribution is 7.99. The molecule has 0 radical (unpaired) electrons. The molecule has 0 spiro atoms. The van der Waals surface area contributed by atoms with Gasteiger partial charge in [-0.2, -0.15) is 0 Å². The predicted molar refractivity (Wildman–Crippen MR) is 93.3 cm³/mol. The summed E-state index contributed by atoms with van der Waals surface area (Å²) in [6, 6.07) is 8.67. The molecule has 2 fully saturated rings. The number of thioether (sulfide) groups is 1. The second-order valence-corrected chi connectivity index (χ2v) is 7.73. The second kappa shape index (κ2) is 7.71. The summed E-state index contributed by atoms with van der Waals surface area (Å²) in [6.07, 6.45) is 3.98. The summed E-state index contributed by atoms with van der Waals surface area (Å²) < 4.78 is 0. The Balaban J connectivity index is 1.28. The standard InChI is InChI=1S/C17H23ClN2OS/c18-15-3-1-13(2-4-15)11-22-12-17(21)19-9-14-7-8-20(10-14)16-5-6-16/h1-4,14,16H,5-12H2,(H,19,21). The first-order valence-corrected chi connectivity index (χ1v) is 9.57. The number of carbonyl (C=O) groups is 1. The molecular weight excluding hydrogens is 316 g/mol. The fourth-order valence-corrected chi connectivity index (χ4v) is 3.90. The van der Waals surface area contributed by atoms with Crippen LogP contribution in [0.1, 0.15) is 24.8 Å². The van der Waals surface area contributed by atoms with E-state index in [0.29, 0.717) is 11.7 Å². The first-order chi connectivity index (χ1) is 10.7. The lowest BCUT2D eigenvalue weighted by Gasteiger charge is -2.15. The number of likely N-dealkylation sites (tertiary alicyclic amines) is 1. The van der Waals surface area contributed by atoms with E-state index in [4.69, 9.17) is 11.6 Å². The van der Waals surface area contributed by atoms with Gasteiger partial charge in [-0.25, -0.2) is 0 Å². The molecule has 22 heavy (non-hydrogen) atoms. The minimum atomic E-state index is 0.156. The molecule has 1 amide bonds. The predicted octanol–water partition coefficient (Wildman–Crippen LogP) is 3.17. The van der Waals surface area contributed by atoms with Crippen LogP contribution in [0.15, 0.2) is 24.3 Å². The van der Waals surface area contributed by atoms with Gasteiger partial charge in [-0.1, -0.05) is 23.7 Å². The van der Waals surface area contributed by atoms with Gasteiger partial charge >= 0.3 is 0 Å². The van der Waals surface area contributed by atoms with Crippen LogP contribution in [-0.4, -0.2) is 42.2 Å². The van der Waals surface area contributed by atoms with Crippen molar-refractivity contribution < 1.29 is 4.79 Å². The van der Waals surface area contributed by atoms with Gasteiger partial charge in [0.1, 0.15) is 0 Å². The Labute approximate surface area is 141 Å². The third kappa shape index (κ3) is 4.90. The Morgan fingerprint density at radius 3 is 2.77 bits per heavy atom. The number of rotatable bonds is 7. The molecule has 1 aromatic carbocycles. The largest absolute Gasteiger partial charge is 0.355 e. The van der Waals surface area contributed by atoms with Gasteiger partial charge in [0.25, 0.3) is 0 Å².